The number of hydrogen-bond acceptors (Lipinski definition) is 3. The van der Waals surface area contributed by atoms with Crippen LogP contribution in [0.15, 0.2) is 30.3 Å². The second-order valence-corrected chi connectivity index (χ2v) is 7.20. The van der Waals surface area contributed by atoms with Gasteiger partial charge in [0.15, 0.2) is 0 Å². The molecule has 17 heavy (non-hydrogen) atoms. The summed E-state index contributed by atoms with van der Waals surface area (Å²) in [6, 6.07) is 10.3. The van der Waals surface area contributed by atoms with Gasteiger partial charge in [0.05, 0.1) is 0 Å². The molecule has 2 rings (SSSR count). The molecular weight excluding hydrogens is 248 g/mol. The summed E-state index contributed by atoms with van der Waals surface area (Å²) in [5.74, 6) is 4.67. The molecule has 90 valence electrons. The molecule has 1 aromatic carbocycles. The highest BCUT2D eigenvalue weighted by Gasteiger charge is 2.40. The van der Waals surface area contributed by atoms with Crippen LogP contribution in [0.4, 0.5) is 0 Å². The predicted molar refractivity (Wildman–Crippen MR) is 77.2 cm³/mol. The maximum absolute atomic E-state index is 10.1. The minimum absolute atomic E-state index is 0.256. The van der Waals surface area contributed by atoms with Crippen molar-refractivity contribution in [2.75, 3.05) is 11.5 Å². The minimum atomic E-state index is -0.682. The quantitative estimate of drug-likeness (QED) is 0.848. The van der Waals surface area contributed by atoms with E-state index in [1.54, 1.807) is 0 Å². The van der Waals surface area contributed by atoms with E-state index < -0.39 is 6.10 Å². The van der Waals surface area contributed by atoms with Crippen molar-refractivity contribution >= 4 is 23.5 Å². The lowest BCUT2D eigenvalue weighted by Crippen LogP contribution is -2.39. The zero-order chi connectivity index (χ0) is 12.1. The predicted octanol–water partition coefficient (Wildman–Crippen LogP) is 2.79. The van der Waals surface area contributed by atoms with Crippen molar-refractivity contribution < 1.29 is 5.11 Å². The highest BCUT2D eigenvalue weighted by atomic mass is 32.2. The molecule has 1 aliphatic heterocycles. The number of thioether (sulfide) groups is 2. The summed E-state index contributed by atoms with van der Waals surface area (Å²) in [6.07, 6.45) is 6.76. The molecule has 0 radical (unpaired) electrons. The lowest BCUT2D eigenvalue weighted by atomic mass is 10.1. The maximum atomic E-state index is 10.1. The Bertz CT molecular complexity index is 390. The Hall–Kier alpha value is -0.560. The number of hydrogen-bond donors (Lipinski definition) is 1. The summed E-state index contributed by atoms with van der Waals surface area (Å²) in [5.41, 5.74) is 1.24. The molecule has 1 N–H and O–H groups in total. The van der Waals surface area contributed by atoms with E-state index >= 15 is 0 Å². The molecule has 0 saturated carbocycles. The second kappa shape index (κ2) is 5.86. The summed E-state index contributed by atoms with van der Waals surface area (Å²) in [4.78, 5) is 0. The first-order chi connectivity index (χ1) is 8.27. The van der Waals surface area contributed by atoms with E-state index in [0.29, 0.717) is 0 Å². The van der Waals surface area contributed by atoms with Crippen LogP contribution in [0, 0.1) is 12.3 Å². The van der Waals surface area contributed by atoms with Gasteiger partial charge >= 0.3 is 0 Å². The lowest BCUT2D eigenvalue weighted by molar-refractivity contribution is 0.217. The van der Waals surface area contributed by atoms with Crippen LogP contribution >= 0.6 is 23.5 Å². The van der Waals surface area contributed by atoms with Crippen molar-refractivity contribution in [3.8, 4) is 12.3 Å². The van der Waals surface area contributed by atoms with Crippen molar-refractivity contribution in [2.24, 2.45) is 0 Å². The van der Waals surface area contributed by atoms with Crippen LogP contribution in [0.5, 0.6) is 0 Å². The Morgan fingerprint density at radius 3 is 2.53 bits per heavy atom. The Balaban J connectivity index is 2.19. The molecule has 0 bridgehead atoms. The average Bonchev–Trinajstić information content (AvgIpc) is 2.40. The molecular formula is C14H16OS2. The van der Waals surface area contributed by atoms with Crippen molar-refractivity contribution in [2.45, 2.75) is 23.0 Å². The van der Waals surface area contributed by atoms with Gasteiger partial charge in [0.2, 0.25) is 0 Å². The highest BCUT2D eigenvalue weighted by Crippen LogP contribution is 2.46. The normalized spacial score (nSPS) is 20.5. The third-order valence-electron chi connectivity index (χ3n) is 2.85. The first kappa shape index (κ1) is 12.9. The first-order valence-electron chi connectivity index (χ1n) is 5.73. The van der Waals surface area contributed by atoms with Crippen LogP contribution in [0.2, 0.25) is 0 Å². The van der Waals surface area contributed by atoms with Gasteiger partial charge in [0, 0.05) is 0 Å². The van der Waals surface area contributed by atoms with Crippen LogP contribution < -0.4 is 0 Å². The van der Waals surface area contributed by atoms with E-state index in [-0.39, 0.29) is 4.08 Å². The fourth-order valence-corrected chi connectivity index (χ4v) is 5.23. The fourth-order valence-electron chi connectivity index (χ4n) is 1.95. The highest BCUT2D eigenvalue weighted by molar-refractivity contribution is 8.18. The third-order valence-corrected chi connectivity index (χ3v) is 6.25. The summed E-state index contributed by atoms with van der Waals surface area (Å²) >= 11 is 3.62. The molecule has 1 heterocycles. The average molecular weight is 264 g/mol. The SMILES string of the molecule is C#CC(O)C1(Cc2ccccc2)SCCCS1. The Labute approximate surface area is 111 Å². The number of benzene rings is 1. The van der Waals surface area contributed by atoms with Crippen molar-refractivity contribution in [1.82, 2.24) is 0 Å². The van der Waals surface area contributed by atoms with Crippen molar-refractivity contribution in [1.29, 1.82) is 0 Å². The molecule has 3 heteroatoms. The molecule has 1 atom stereocenters. The number of rotatable bonds is 3. The first-order valence-corrected chi connectivity index (χ1v) is 7.70. The lowest BCUT2D eigenvalue weighted by Gasteiger charge is -2.38. The Morgan fingerprint density at radius 2 is 1.94 bits per heavy atom. The molecule has 0 spiro atoms. The van der Waals surface area contributed by atoms with Crippen LogP contribution in [-0.2, 0) is 6.42 Å². The van der Waals surface area contributed by atoms with Gasteiger partial charge in [0.25, 0.3) is 0 Å². The molecule has 0 amide bonds. The molecule has 1 saturated heterocycles. The van der Waals surface area contributed by atoms with Crippen LogP contribution in [0.25, 0.3) is 0 Å². The van der Waals surface area contributed by atoms with E-state index in [1.165, 1.54) is 12.0 Å². The smallest absolute Gasteiger partial charge is 0.138 e. The van der Waals surface area contributed by atoms with Gasteiger partial charge in [-0.15, -0.1) is 29.9 Å². The molecule has 0 aromatic heterocycles. The largest absolute Gasteiger partial charge is 0.378 e. The van der Waals surface area contributed by atoms with Gasteiger partial charge in [-0.05, 0) is 29.9 Å². The number of aliphatic hydroxyl groups is 1. The molecule has 1 unspecified atom stereocenters. The van der Waals surface area contributed by atoms with Gasteiger partial charge in [-0.3, -0.25) is 0 Å². The minimum Gasteiger partial charge on any atom is -0.378 e. The summed E-state index contributed by atoms with van der Waals surface area (Å²) in [6.45, 7) is 0. The third kappa shape index (κ3) is 3.01. The second-order valence-electron chi connectivity index (χ2n) is 4.09. The van der Waals surface area contributed by atoms with Crippen molar-refractivity contribution in [3.05, 3.63) is 35.9 Å². The van der Waals surface area contributed by atoms with Gasteiger partial charge in [0.1, 0.15) is 10.2 Å². The van der Waals surface area contributed by atoms with E-state index in [1.807, 2.05) is 41.7 Å². The van der Waals surface area contributed by atoms with Crippen LogP contribution in [0.3, 0.4) is 0 Å². The number of terminal acetylenes is 1. The maximum Gasteiger partial charge on any atom is 0.138 e. The van der Waals surface area contributed by atoms with Gasteiger partial charge in [-0.1, -0.05) is 36.3 Å². The standard InChI is InChI=1S/C14H16OS2/c1-2-13(15)14(16-9-6-10-17-14)11-12-7-4-3-5-8-12/h1,3-5,7-8,13,15H,6,9-11H2. The van der Waals surface area contributed by atoms with Gasteiger partial charge in [-0.2, -0.15) is 0 Å². The van der Waals surface area contributed by atoms with Gasteiger partial charge in [-0.25, -0.2) is 0 Å². The Kier molecular flexibility index (Phi) is 4.44. The Morgan fingerprint density at radius 1 is 1.29 bits per heavy atom. The van der Waals surface area contributed by atoms with Crippen molar-refractivity contribution in [3.63, 3.8) is 0 Å². The topological polar surface area (TPSA) is 20.2 Å². The molecule has 0 aliphatic carbocycles. The van der Waals surface area contributed by atoms with E-state index in [2.05, 4.69) is 18.1 Å². The van der Waals surface area contributed by atoms with E-state index in [9.17, 15) is 5.11 Å². The summed E-state index contributed by atoms with van der Waals surface area (Å²) < 4.78 is -0.256. The van der Waals surface area contributed by atoms with Crippen LogP contribution in [-0.4, -0.2) is 26.8 Å². The van der Waals surface area contributed by atoms with E-state index in [0.717, 1.165) is 17.9 Å². The monoisotopic (exact) mass is 264 g/mol. The summed E-state index contributed by atoms with van der Waals surface area (Å²) in [7, 11) is 0. The molecule has 1 aliphatic rings. The van der Waals surface area contributed by atoms with Gasteiger partial charge < -0.3 is 5.11 Å². The summed E-state index contributed by atoms with van der Waals surface area (Å²) in [5, 5.41) is 10.1. The molecule has 1 fully saturated rings. The zero-order valence-corrected chi connectivity index (χ0v) is 11.3. The van der Waals surface area contributed by atoms with E-state index in [4.69, 9.17) is 6.42 Å². The number of aliphatic hydroxyl groups excluding tert-OH is 1. The molecule has 1 aromatic rings. The van der Waals surface area contributed by atoms with Crippen LogP contribution in [0.1, 0.15) is 12.0 Å². The fraction of sp³-hybridized carbons (Fsp3) is 0.429. The zero-order valence-electron chi connectivity index (χ0n) is 9.63. The molecule has 1 nitrogen and oxygen atoms in total.